The summed E-state index contributed by atoms with van der Waals surface area (Å²) in [7, 11) is 0. The molecule has 0 saturated heterocycles. The Morgan fingerprint density at radius 2 is 1.77 bits per heavy atom. The van der Waals surface area contributed by atoms with Gasteiger partial charge in [0.1, 0.15) is 0 Å². The molecular weight excluding hydrogens is 513 g/mol. The van der Waals surface area contributed by atoms with Gasteiger partial charge in [-0.3, -0.25) is 14.7 Å². The van der Waals surface area contributed by atoms with Crippen LogP contribution in [-0.4, -0.2) is 20.5 Å². The number of nitrogens with zero attached hydrogens (tertiary/aromatic N) is 2. The number of hydrogen-bond acceptors (Lipinski definition) is 3. The number of aromatic amines is 1. The molecule has 0 saturated carbocycles. The molecule has 2 aromatic heterocycles. The topological polar surface area (TPSA) is 67.8 Å². The monoisotopic (exact) mass is 541 g/mol. The second kappa shape index (κ2) is 11.4. The normalized spacial score (nSPS) is 13.7. The highest BCUT2D eigenvalue weighted by Crippen LogP contribution is 2.30. The molecule has 198 valence electrons. The van der Waals surface area contributed by atoms with Crippen molar-refractivity contribution in [3.05, 3.63) is 134 Å². The van der Waals surface area contributed by atoms with Crippen molar-refractivity contribution < 1.29 is 9.18 Å². The van der Waals surface area contributed by atoms with Gasteiger partial charge in [0.15, 0.2) is 12.0 Å². The van der Waals surface area contributed by atoms with E-state index in [1.165, 1.54) is 6.07 Å². The van der Waals surface area contributed by atoms with Gasteiger partial charge in [0.25, 0.3) is 5.56 Å². The Morgan fingerprint density at radius 1 is 0.974 bits per heavy atom. The van der Waals surface area contributed by atoms with Crippen LogP contribution in [0.5, 0.6) is 0 Å². The lowest BCUT2D eigenvalue weighted by molar-refractivity contribution is 0.0892. The maximum absolute atomic E-state index is 15.5. The van der Waals surface area contributed by atoms with Crippen LogP contribution >= 0.6 is 11.6 Å². The lowest BCUT2D eigenvalue weighted by Gasteiger charge is -2.19. The molecule has 0 aliphatic heterocycles. The van der Waals surface area contributed by atoms with Gasteiger partial charge in [0.05, 0.1) is 12.1 Å². The summed E-state index contributed by atoms with van der Waals surface area (Å²) in [6.07, 6.45) is 0.988. The molecule has 0 aliphatic rings. The van der Waals surface area contributed by atoms with Crippen LogP contribution in [0.1, 0.15) is 52.8 Å². The molecule has 3 aromatic carbocycles. The van der Waals surface area contributed by atoms with Crippen molar-refractivity contribution in [2.24, 2.45) is 11.8 Å². The van der Waals surface area contributed by atoms with Crippen LogP contribution in [0.15, 0.2) is 95.9 Å². The highest BCUT2D eigenvalue weighted by Gasteiger charge is 2.24. The zero-order valence-electron chi connectivity index (χ0n) is 21.8. The van der Waals surface area contributed by atoms with E-state index in [2.05, 4.69) is 10.2 Å². The number of alkyl halides is 1. The summed E-state index contributed by atoms with van der Waals surface area (Å²) in [6, 6.07) is 24.5. The largest absolute Gasteiger partial charge is 0.311 e. The average molecular weight is 542 g/mol. The predicted molar refractivity (Wildman–Crippen MR) is 153 cm³/mol. The van der Waals surface area contributed by atoms with Crippen molar-refractivity contribution in [2.75, 3.05) is 0 Å². The standard InChI is InChI=1S/C32H29ClFN3O2/c1-20(16-29-27-18-26(33)13-14-28(27)35-36-29)21(2)32(39)25-7-5-6-24(17-25)31(34)23-11-9-22(10-12-23)19-37-15-4-3-8-30(37)38/h3-15,17-18,20-21,31H,16,19H2,1-2H3,(H,35,36). The number of nitrogens with one attached hydrogen (secondary N) is 1. The summed E-state index contributed by atoms with van der Waals surface area (Å²) >= 11 is 6.17. The second-order valence-electron chi connectivity index (χ2n) is 10.1. The quantitative estimate of drug-likeness (QED) is 0.201. The van der Waals surface area contributed by atoms with Gasteiger partial charge in [0.2, 0.25) is 0 Å². The van der Waals surface area contributed by atoms with Crippen LogP contribution < -0.4 is 5.56 Å². The molecule has 5 nitrogen and oxygen atoms in total. The summed E-state index contributed by atoms with van der Waals surface area (Å²) in [5, 5.41) is 9.02. The molecule has 3 atom stereocenters. The van der Waals surface area contributed by atoms with Gasteiger partial charge in [-0.1, -0.05) is 74.0 Å². The lowest BCUT2D eigenvalue weighted by Crippen LogP contribution is -2.21. The number of carbonyl (C=O) groups is 1. The van der Waals surface area contributed by atoms with Crippen LogP contribution in [0.3, 0.4) is 0 Å². The lowest BCUT2D eigenvalue weighted by atomic mass is 9.84. The minimum absolute atomic E-state index is 0.0228. The molecule has 7 heteroatoms. The first kappa shape index (κ1) is 26.6. The fourth-order valence-corrected chi connectivity index (χ4v) is 5.01. The Kier molecular flexibility index (Phi) is 7.75. The van der Waals surface area contributed by atoms with Gasteiger partial charge in [-0.25, -0.2) is 4.39 Å². The van der Waals surface area contributed by atoms with E-state index in [-0.39, 0.29) is 23.2 Å². The van der Waals surface area contributed by atoms with Crippen LogP contribution in [-0.2, 0) is 13.0 Å². The van der Waals surface area contributed by atoms with E-state index in [0.29, 0.717) is 34.7 Å². The van der Waals surface area contributed by atoms with E-state index in [1.807, 2.05) is 38.1 Å². The minimum Gasteiger partial charge on any atom is -0.311 e. The average Bonchev–Trinajstić information content (AvgIpc) is 3.35. The van der Waals surface area contributed by atoms with Crippen molar-refractivity contribution in [1.29, 1.82) is 0 Å². The van der Waals surface area contributed by atoms with E-state index in [0.717, 1.165) is 22.2 Å². The molecule has 0 radical (unpaired) electrons. The molecule has 0 fully saturated rings. The molecule has 1 N–H and O–H groups in total. The third kappa shape index (κ3) is 5.86. The Hall–Kier alpha value is -4.03. The summed E-state index contributed by atoms with van der Waals surface area (Å²) < 4.78 is 17.1. The molecule has 0 aliphatic carbocycles. The van der Waals surface area contributed by atoms with E-state index >= 15 is 4.39 Å². The Labute approximate surface area is 231 Å². The summed E-state index contributed by atoms with van der Waals surface area (Å²) in [4.78, 5) is 25.4. The van der Waals surface area contributed by atoms with Crippen molar-refractivity contribution in [3.8, 4) is 0 Å². The maximum atomic E-state index is 15.5. The van der Waals surface area contributed by atoms with E-state index in [4.69, 9.17) is 11.6 Å². The first-order valence-corrected chi connectivity index (χ1v) is 13.3. The first-order valence-electron chi connectivity index (χ1n) is 12.9. The van der Waals surface area contributed by atoms with Gasteiger partial charge in [-0.2, -0.15) is 5.10 Å². The van der Waals surface area contributed by atoms with E-state index in [9.17, 15) is 9.59 Å². The number of hydrogen-bond donors (Lipinski definition) is 1. The Morgan fingerprint density at radius 3 is 2.54 bits per heavy atom. The van der Waals surface area contributed by atoms with Crippen LogP contribution in [0.25, 0.3) is 10.9 Å². The maximum Gasteiger partial charge on any atom is 0.250 e. The number of H-pyrrole nitrogens is 1. The van der Waals surface area contributed by atoms with Gasteiger partial charge in [-0.05, 0) is 59.4 Å². The molecule has 39 heavy (non-hydrogen) atoms. The first-order chi connectivity index (χ1) is 18.8. The summed E-state index contributed by atoms with van der Waals surface area (Å²) in [5.74, 6) is -0.284. The third-order valence-corrected chi connectivity index (χ3v) is 7.61. The number of carbonyl (C=O) groups excluding carboxylic acids is 1. The SMILES string of the molecule is CC(Cc1[nH]nc2ccc(Cl)cc12)C(C)C(=O)c1cccc(C(F)c2ccc(Cn3ccccc3=O)cc2)c1. The Balaban J connectivity index is 1.28. The molecule has 0 amide bonds. The van der Waals surface area contributed by atoms with Crippen molar-refractivity contribution in [1.82, 2.24) is 14.8 Å². The number of benzene rings is 3. The fourth-order valence-electron chi connectivity index (χ4n) is 4.83. The second-order valence-corrected chi connectivity index (χ2v) is 10.5. The molecule has 2 heterocycles. The molecule has 0 bridgehead atoms. The number of aromatic nitrogens is 3. The molecule has 3 unspecified atom stereocenters. The molecule has 5 rings (SSSR count). The number of ketones is 1. The van der Waals surface area contributed by atoms with Crippen molar-refractivity contribution in [2.45, 2.75) is 33.0 Å². The van der Waals surface area contributed by atoms with Crippen LogP contribution in [0.2, 0.25) is 5.02 Å². The molecule has 5 aromatic rings. The van der Waals surface area contributed by atoms with Gasteiger partial charge < -0.3 is 4.57 Å². The van der Waals surface area contributed by atoms with Crippen molar-refractivity contribution in [3.63, 3.8) is 0 Å². The number of fused-ring (bicyclic) bond motifs is 1. The van der Waals surface area contributed by atoms with Gasteiger partial charge in [-0.15, -0.1) is 0 Å². The molecular formula is C32H29ClFN3O2. The van der Waals surface area contributed by atoms with Crippen molar-refractivity contribution >= 4 is 28.3 Å². The van der Waals surface area contributed by atoms with Crippen LogP contribution in [0, 0.1) is 11.8 Å². The Bertz CT molecular complexity index is 1680. The van der Waals surface area contributed by atoms with Gasteiger partial charge in [0, 0.05) is 39.8 Å². The third-order valence-electron chi connectivity index (χ3n) is 7.38. The zero-order chi connectivity index (χ0) is 27.5. The van der Waals surface area contributed by atoms with Gasteiger partial charge >= 0.3 is 0 Å². The van der Waals surface area contributed by atoms with Crippen LogP contribution in [0.4, 0.5) is 4.39 Å². The highest BCUT2D eigenvalue weighted by molar-refractivity contribution is 6.31. The number of halogens is 2. The highest BCUT2D eigenvalue weighted by atomic mass is 35.5. The number of pyridine rings is 1. The molecule has 0 spiro atoms. The number of Topliss-reactive ketones (excluding diaryl/α,β-unsaturated/α-hetero) is 1. The van der Waals surface area contributed by atoms with E-state index in [1.54, 1.807) is 65.4 Å². The van der Waals surface area contributed by atoms with E-state index < -0.39 is 6.17 Å². The predicted octanol–water partition coefficient (Wildman–Crippen LogP) is 7.18. The smallest absolute Gasteiger partial charge is 0.250 e. The zero-order valence-corrected chi connectivity index (χ0v) is 22.5. The summed E-state index contributed by atoms with van der Waals surface area (Å²) in [5.41, 5.74) is 4.02. The fraction of sp³-hybridized carbons (Fsp3) is 0.219. The summed E-state index contributed by atoms with van der Waals surface area (Å²) in [6.45, 7) is 4.36. The minimum atomic E-state index is -1.37. The number of rotatable bonds is 9.